The molecule has 0 amide bonds. The summed E-state index contributed by atoms with van der Waals surface area (Å²) in [4.78, 5) is 0. The van der Waals surface area contributed by atoms with Gasteiger partial charge in [0.05, 0.1) is 23.9 Å². The van der Waals surface area contributed by atoms with E-state index in [2.05, 4.69) is 0 Å². The lowest BCUT2D eigenvalue weighted by molar-refractivity contribution is -0.330. The average Bonchev–Trinajstić information content (AvgIpc) is 2.50. The maximum absolute atomic E-state index is 10.1. The van der Waals surface area contributed by atoms with Crippen LogP contribution in [0.4, 0.5) is 0 Å². The normalized spacial score (nSPS) is 47.6. The van der Waals surface area contributed by atoms with Crippen molar-refractivity contribution in [1.82, 2.24) is 0 Å². The number of hydrogen-bond acceptors (Lipinski definition) is 8. The molecular weight excluding hydrogens is 320 g/mol. The van der Waals surface area contributed by atoms with E-state index >= 15 is 0 Å². The fourth-order valence-electron chi connectivity index (χ4n) is 3.47. The van der Waals surface area contributed by atoms with E-state index in [-0.39, 0.29) is 5.92 Å². The van der Waals surface area contributed by atoms with Crippen molar-refractivity contribution in [3.63, 3.8) is 0 Å². The average molecular weight is 350 g/mol. The molecule has 2 fully saturated rings. The van der Waals surface area contributed by atoms with Gasteiger partial charge >= 0.3 is 0 Å². The third-order valence-corrected chi connectivity index (χ3v) is 5.48. The van der Waals surface area contributed by atoms with Crippen LogP contribution in [-0.4, -0.2) is 85.3 Å². The highest BCUT2D eigenvalue weighted by atomic mass is 16.7. The third kappa shape index (κ3) is 3.91. The van der Waals surface area contributed by atoms with Gasteiger partial charge in [0, 0.05) is 0 Å². The number of rotatable bonds is 4. The highest BCUT2D eigenvalue weighted by molar-refractivity contribution is 4.96. The van der Waals surface area contributed by atoms with Crippen molar-refractivity contribution < 1.29 is 40.1 Å². The molecule has 0 aromatic carbocycles. The SMILES string of the molecule is CC1(O)CCC(C(C)(C)OC2OC(CO)C(O)C(O)C2O)CC1O. The van der Waals surface area contributed by atoms with E-state index in [1.807, 2.05) is 0 Å². The summed E-state index contributed by atoms with van der Waals surface area (Å²) in [5.41, 5.74) is -1.94. The van der Waals surface area contributed by atoms with Gasteiger partial charge in [-0.1, -0.05) is 0 Å². The molecule has 8 unspecified atom stereocenters. The largest absolute Gasteiger partial charge is 0.394 e. The van der Waals surface area contributed by atoms with Gasteiger partial charge in [0.25, 0.3) is 0 Å². The zero-order valence-corrected chi connectivity index (χ0v) is 14.4. The van der Waals surface area contributed by atoms with E-state index in [1.54, 1.807) is 20.8 Å². The van der Waals surface area contributed by atoms with E-state index in [0.29, 0.717) is 19.3 Å². The molecular formula is C16H30O8. The lowest BCUT2D eigenvalue weighted by Gasteiger charge is -2.47. The molecule has 0 spiro atoms. The van der Waals surface area contributed by atoms with E-state index in [4.69, 9.17) is 9.47 Å². The predicted octanol–water partition coefficient (Wildman–Crippen LogP) is -1.51. The van der Waals surface area contributed by atoms with Crippen molar-refractivity contribution >= 4 is 0 Å². The van der Waals surface area contributed by atoms with Crippen molar-refractivity contribution in [2.24, 2.45) is 5.92 Å². The van der Waals surface area contributed by atoms with Crippen LogP contribution < -0.4 is 0 Å². The first-order chi connectivity index (χ1) is 11.0. The number of ether oxygens (including phenoxy) is 2. The maximum Gasteiger partial charge on any atom is 0.187 e. The molecule has 8 nitrogen and oxygen atoms in total. The summed E-state index contributed by atoms with van der Waals surface area (Å²) in [7, 11) is 0. The molecule has 8 heteroatoms. The first-order valence-electron chi connectivity index (χ1n) is 8.38. The monoisotopic (exact) mass is 350 g/mol. The lowest BCUT2D eigenvalue weighted by Crippen LogP contribution is -2.61. The Hall–Kier alpha value is -0.320. The molecule has 24 heavy (non-hydrogen) atoms. The standard InChI is InChI=1S/C16H30O8/c1-15(2,8-4-5-16(3,22)10(18)6-8)24-14-13(21)12(20)11(19)9(7-17)23-14/h8-14,17-22H,4-7H2,1-3H3. The summed E-state index contributed by atoms with van der Waals surface area (Å²) in [6.45, 7) is 4.65. The molecule has 0 aromatic rings. The molecule has 1 aliphatic carbocycles. The van der Waals surface area contributed by atoms with Gasteiger partial charge in [0.2, 0.25) is 0 Å². The number of aliphatic hydroxyl groups excluding tert-OH is 5. The van der Waals surface area contributed by atoms with Crippen LogP contribution in [0, 0.1) is 5.92 Å². The minimum atomic E-state index is -1.49. The third-order valence-electron chi connectivity index (χ3n) is 5.48. The van der Waals surface area contributed by atoms with Gasteiger partial charge in [0.1, 0.15) is 24.4 Å². The molecule has 1 aliphatic heterocycles. The van der Waals surface area contributed by atoms with E-state index in [0.717, 1.165) is 0 Å². The van der Waals surface area contributed by atoms with Crippen molar-refractivity contribution in [1.29, 1.82) is 0 Å². The summed E-state index contributed by atoms with van der Waals surface area (Å²) in [6.07, 6.45) is -6.13. The number of hydrogen-bond donors (Lipinski definition) is 6. The Balaban J connectivity index is 2.05. The first-order valence-corrected chi connectivity index (χ1v) is 8.38. The van der Waals surface area contributed by atoms with E-state index < -0.39 is 54.6 Å². The Kier molecular flexibility index (Phi) is 5.94. The Morgan fingerprint density at radius 3 is 2.29 bits per heavy atom. The van der Waals surface area contributed by atoms with Crippen LogP contribution in [0.15, 0.2) is 0 Å². The quantitative estimate of drug-likeness (QED) is 0.360. The fourth-order valence-corrected chi connectivity index (χ4v) is 3.47. The zero-order valence-electron chi connectivity index (χ0n) is 14.4. The van der Waals surface area contributed by atoms with Gasteiger partial charge in [-0.2, -0.15) is 0 Å². The first kappa shape index (κ1) is 20.0. The van der Waals surface area contributed by atoms with Crippen LogP contribution >= 0.6 is 0 Å². The molecule has 0 radical (unpaired) electrons. The minimum Gasteiger partial charge on any atom is -0.394 e. The van der Waals surface area contributed by atoms with Crippen molar-refractivity contribution in [3.05, 3.63) is 0 Å². The van der Waals surface area contributed by atoms with Crippen molar-refractivity contribution in [2.75, 3.05) is 6.61 Å². The molecule has 0 aromatic heterocycles. The van der Waals surface area contributed by atoms with Crippen LogP contribution in [-0.2, 0) is 9.47 Å². The molecule has 6 N–H and O–H groups in total. The molecule has 1 heterocycles. The van der Waals surface area contributed by atoms with Gasteiger partial charge in [-0.15, -0.1) is 0 Å². The topological polar surface area (TPSA) is 140 Å². The Morgan fingerprint density at radius 2 is 1.75 bits per heavy atom. The summed E-state index contributed by atoms with van der Waals surface area (Å²) >= 11 is 0. The summed E-state index contributed by atoms with van der Waals surface area (Å²) in [5.74, 6) is -0.0971. The Morgan fingerprint density at radius 1 is 1.12 bits per heavy atom. The number of aliphatic hydroxyl groups is 6. The van der Waals surface area contributed by atoms with Crippen molar-refractivity contribution in [2.45, 2.75) is 88.0 Å². The van der Waals surface area contributed by atoms with Crippen molar-refractivity contribution in [3.8, 4) is 0 Å². The lowest BCUT2D eigenvalue weighted by atomic mass is 9.71. The second-order valence-corrected chi connectivity index (χ2v) is 7.76. The highest BCUT2D eigenvalue weighted by Crippen LogP contribution is 2.40. The molecule has 0 bridgehead atoms. The molecule has 2 aliphatic rings. The minimum absolute atomic E-state index is 0.0971. The second kappa shape index (κ2) is 7.13. The van der Waals surface area contributed by atoms with Crippen LogP contribution in [0.3, 0.4) is 0 Å². The highest BCUT2D eigenvalue weighted by Gasteiger charge is 2.48. The zero-order chi connectivity index (χ0) is 18.3. The molecule has 8 atom stereocenters. The van der Waals surface area contributed by atoms with E-state index in [1.165, 1.54) is 0 Å². The van der Waals surface area contributed by atoms with Crippen LogP contribution in [0.1, 0.15) is 40.0 Å². The van der Waals surface area contributed by atoms with Gasteiger partial charge in [-0.3, -0.25) is 0 Å². The molecule has 142 valence electrons. The van der Waals surface area contributed by atoms with Crippen LogP contribution in [0.5, 0.6) is 0 Å². The van der Waals surface area contributed by atoms with Gasteiger partial charge in [-0.05, 0) is 46.0 Å². The summed E-state index contributed by atoms with van der Waals surface area (Å²) in [5, 5.41) is 59.1. The summed E-state index contributed by atoms with van der Waals surface area (Å²) in [6, 6.07) is 0. The Labute approximate surface area is 141 Å². The fraction of sp³-hybridized carbons (Fsp3) is 1.00. The smallest absolute Gasteiger partial charge is 0.187 e. The molecule has 2 rings (SSSR count). The van der Waals surface area contributed by atoms with Gasteiger partial charge < -0.3 is 40.1 Å². The Bertz CT molecular complexity index is 424. The van der Waals surface area contributed by atoms with Gasteiger partial charge in [-0.25, -0.2) is 0 Å². The molecule has 1 saturated heterocycles. The maximum atomic E-state index is 10.1. The van der Waals surface area contributed by atoms with Crippen LogP contribution in [0.2, 0.25) is 0 Å². The second-order valence-electron chi connectivity index (χ2n) is 7.76. The van der Waals surface area contributed by atoms with Gasteiger partial charge in [0.15, 0.2) is 6.29 Å². The predicted molar refractivity (Wildman–Crippen MR) is 82.9 cm³/mol. The summed E-state index contributed by atoms with van der Waals surface area (Å²) < 4.78 is 11.2. The van der Waals surface area contributed by atoms with E-state index in [9.17, 15) is 30.6 Å². The molecule has 1 saturated carbocycles. The van der Waals surface area contributed by atoms with Crippen LogP contribution in [0.25, 0.3) is 0 Å².